The van der Waals surface area contributed by atoms with Gasteiger partial charge >= 0.3 is 5.97 Å². The summed E-state index contributed by atoms with van der Waals surface area (Å²) in [4.78, 5) is 10.7. The maximum atomic E-state index is 10.7. The molecule has 0 aliphatic heterocycles. The molecule has 0 saturated carbocycles. The van der Waals surface area contributed by atoms with Gasteiger partial charge in [-0.2, -0.15) is 0 Å². The smallest absolute Gasteiger partial charge is 0.358 e. The van der Waals surface area contributed by atoms with E-state index in [9.17, 15) is 4.79 Å². The van der Waals surface area contributed by atoms with Crippen LogP contribution in [0.15, 0.2) is 30.5 Å². The van der Waals surface area contributed by atoms with Gasteiger partial charge in [-0.1, -0.05) is 35.0 Å². The molecule has 0 saturated heterocycles. The van der Waals surface area contributed by atoms with Gasteiger partial charge in [0.15, 0.2) is 5.69 Å². The molecule has 106 valence electrons. The molecule has 6 nitrogen and oxygen atoms in total. The number of carbonyl (C=O) groups is 1. The van der Waals surface area contributed by atoms with E-state index >= 15 is 0 Å². The number of hydrogen-bond acceptors (Lipinski definition) is 4. The second kappa shape index (κ2) is 6.29. The zero-order chi connectivity index (χ0) is 14.5. The van der Waals surface area contributed by atoms with Crippen LogP contribution in [0.2, 0.25) is 0 Å². The maximum absolute atomic E-state index is 10.7. The Kier molecular flexibility index (Phi) is 4.47. The second-order valence-electron chi connectivity index (χ2n) is 4.76. The number of carboxylic acid groups (broad SMARTS) is 1. The molecule has 0 spiro atoms. The van der Waals surface area contributed by atoms with Crippen LogP contribution in [0, 0.1) is 6.92 Å². The lowest BCUT2D eigenvalue weighted by molar-refractivity contribution is 0.0690. The van der Waals surface area contributed by atoms with Crippen LogP contribution >= 0.6 is 0 Å². The lowest BCUT2D eigenvalue weighted by atomic mass is 10.1. The maximum Gasteiger partial charge on any atom is 0.358 e. The summed E-state index contributed by atoms with van der Waals surface area (Å²) in [6, 6.07) is 8.61. The van der Waals surface area contributed by atoms with Crippen molar-refractivity contribution in [2.45, 2.75) is 26.4 Å². The van der Waals surface area contributed by atoms with Gasteiger partial charge in [-0.15, -0.1) is 5.10 Å². The van der Waals surface area contributed by atoms with Crippen LogP contribution in [0.1, 0.15) is 34.6 Å². The van der Waals surface area contributed by atoms with Crippen LogP contribution in [0.25, 0.3) is 0 Å². The molecular weight excluding hydrogens is 256 g/mol. The largest absolute Gasteiger partial charge is 0.476 e. The molecule has 2 aromatic rings. The van der Waals surface area contributed by atoms with Crippen LogP contribution < -0.4 is 5.32 Å². The first-order valence-corrected chi connectivity index (χ1v) is 6.49. The Morgan fingerprint density at radius 2 is 2.10 bits per heavy atom. The van der Waals surface area contributed by atoms with E-state index in [0.717, 1.165) is 0 Å². The minimum Gasteiger partial charge on any atom is -0.476 e. The predicted octanol–water partition coefficient (Wildman–Crippen LogP) is 1.64. The Morgan fingerprint density at radius 1 is 1.40 bits per heavy atom. The van der Waals surface area contributed by atoms with Crippen molar-refractivity contribution in [1.29, 1.82) is 0 Å². The Balaban J connectivity index is 1.82. The summed E-state index contributed by atoms with van der Waals surface area (Å²) < 4.78 is 1.53. The average Bonchev–Trinajstić information content (AvgIpc) is 2.88. The molecule has 2 rings (SSSR count). The SMILES string of the molecule is Cc1ccc(C(C)NCCn2cc(C(=O)O)nn2)cc1. The van der Waals surface area contributed by atoms with Crippen LogP contribution in [-0.4, -0.2) is 32.6 Å². The van der Waals surface area contributed by atoms with Crippen molar-refractivity contribution in [1.82, 2.24) is 20.3 Å². The standard InChI is InChI=1S/C14H18N4O2/c1-10-3-5-12(6-4-10)11(2)15-7-8-18-9-13(14(19)20)16-17-18/h3-6,9,11,15H,7-8H2,1-2H3,(H,19,20). The number of nitrogens with one attached hydrogen (secondary N) is 1. The summed E-state index contributed by atoms with van der Waals surface area (Å²) in [5.41, 5.74) is 2.43. The molecular formula is C14H18N4O2. The van der Waals surface area contributed by atoms with E-state index in [0.29, 0.717) is 13.1 Å². The first-order valence-electron chi connectivity index (χ1n) is 6.49. The van der Waals surface area contributed by atoms with E-state index in [1.807, 2.05) is 0 Å². The lowest BCUT2D eigenvalue weighted by Gasteiger charge is -2.14. The molecule has 2 N–H and O–H groups in total. The molecule has 0 radical (unpaired) electrons. The zero-order valence-electron chi connectivity index (χ0n) is 11.6. The first-order chi connectivity index (χ1) is 9.56. The van der Waals surface area contributed by atoms with Gasteiger partial charge in [-0.3, -0.25) is 4.68 Å². The fourth-order valence-electron chi connectivity index (χ4n) is 1.87. The van der Waals surface area contributed by atoms with Crippen LogP contribution in [-0.2, 0) is 6.54 Å². The van der Waals surface area contributed by atoms with Gasteiger partial charge in [0, 0.05) is 12.6 Å². The third-order valence-corrected chi connectivity index (χ3v) is 3.13. The number of aromatic nitrogens is 3. The zero-order valence-corrected chi connectivity index (χ0v) is 11.6. The molecule has 0 amide bonds. The topological polar surface area (TPSA) is 80.0 Å². The van der Waals surface area contributed by atoms with Crippen molar-refractivity contribution in [3.05, 3.63) is 47.3 Å². The summed E-state index contributed by atoms with van der Waals surface area (Å²) in [6.07, 6.45) is 1.43. The quantitative estimate of drug-likeness (QED) is 0.837. The summed E-state index contributed by atoms with van der Waals surface area (Å²) in [6.45, 7) is 5.43. The Labute approximate surface area is 117 Å². The van der Waals surface area contributed by atoms with Crippen molar-refractivity contribution in [3.63, 3.8) is 0 Å². The Hall–Kier alpha value is -2.21. The highest BCUT2D eigenvalue weighted by Gasteiger charge is 2.08. The molecule has 0 aliphatic rings. The number of aryl methyl sites for hydroxylation is 1. The summed E-state index contributed by atoms with van der Waals surface area (Å²) >= 11 is 0. The number of aromatic carboxylic acids is 1. The molecule has 1 aromatic heterocycles. The molecule has 1 heterocycles. The minimum absolute atomic E-state index is 0.0309. The van der Waals surface area contributed by atoms with E-state index in [2.05, 4.69) is 53.7 Å². The van der Waals surface area contributed by atoms with Gasteiger partial charge in [0.25, 0.3) is 0 Å². The third-order valence-electron chi connectivity index (χ3n) is 3.13. The van der Waals surface area contributed by atoms with Crippen LogP contribution in [0.4, 0.5) is 0 Å². The van der Waals surface area contributed by atoms with Gasteiger partial charge in [-0.25, -0.2) is 4.79 Å². The number of nitrogens with zero attached hydrogens (tertiary/aromatic N) is 3. The molecule has 0 bridgehead atoms. The highest BCUT2D eigenvalue weighted by Crippen LogP contribution is 2.12. The van der Waals surface area contributed by atoms with Crippen LogP contribution in [0.3, 0.4) is 0 Å². The van der Waals surface area contributed by atoms with E-state index in [-0.39, 0.29) is 11.7 Å². The fraction of sp³-hybridized carbons (Fsp3) is 0.357. The van der Waals surface area contributed by atoms with Crippen molar-refractivity contribution in [3.8, 4) is 0 Å². The van der Waals surface area contributed by atoms with Crippen LogP contribution in [0.5, 0.6) is 0 Å². The molecule has 0 aliphatic carbocycles. The molecule has 20 heavy (non-hydrogen) atoms. The Bertz CT molecular complexity index is 577. The van der Waals surface area contributed by atoms with Crippen molar-refractivity contribution < 1.29 is 9.90 Å². The van der Waals surface area contributed by atoms with Gasteiger partial charge in [0.1, 0.15) is 0 Å². The van der Waals surface area contributed by atoms with E-state index in [4.69, 9.17) is 5.11 Å². The summed E-state index contributed by atoms with van der Waals surface area (Å²) in [7, 11) is 0. The molecule has 1 aromatic carbocycles. The van der Waals surface area contributed by atoms with E-state index in [1.165, 1.54) is 22.0 Å². The number of carboxylic acids is 1. The first kappa shape index (κ1) is 14.2. The minimum atomic E-state index is -1.06. The highest BCUT2D eigenvalue weighted by molar-refractivity contribution is 5.84. The van der Waals surface area contributed by atoms with Crippen molar-refractivity contribution in [2.75, 3.05) is 6.54 Å². The molecule has 1 unspecified atom stereocenters. The van der Waals surface area contributed by atoms with Crippen molar-refractivity contribution in [2.24, 2.45) is 0 Å². The summed E-state index contributed by atoms with van der Waals surface area (Å²) in [5, 5.41) is 19.5. The highest BCUT2D eigenvalue weighted by atomic mass is 16.4. The average molecular weight is 274 g/mol. The molecule has 0 fully saturated rings. The van der Waals surface area contributed by atoms with Gasteiger partial charge in [0.2, 0.25) is 0 Å². The van der Waals surface area contributed by atoms with E-state index < -0.39 is 5.97 Å². The van der Waals surface area contributed by atoms with Gasteiger partial charge in [-0.05, 0) is 19.4 Å². The second-order valence-corrected chi connectivity index (χ2v) is 4.76. The number of hydrogen-bond donors (Lipinski definition) is 2. The summed E-state index contributed by atoms with van der Waals surface area (Å²) in [5.74, 6) is -1.06. The Morgan fingerprint density at radius 3 is 2.70 bits per heavy atom. The van der Waals surface area contributed by atoms with Gasteiger partial charge < -0.3 is 10.4 Å². The fourth-order valence-corrected chi connectivity index (χ4v) is 1.87. The molecule has 1 atom stereocenters. The monoisotopic (exact) mass is 274 g/mol. The third kappa shape index (κ3) is 3.64. The van der Waals surface area contributed by atoms with Gasteiger partial charge in [0.05, 0.1) is 12.7 Å². The predicted molar refractivity (Wildman–Crippen MR) is 74.6 cm³/mol. The lowest BCUT2D eigenvalue weighted by Crippen LogP contribution is -2.23. The van der Waals surface area contributed by atoms with Crippen molar-refractivity contribution >= 4 is 5.97 Å². The molecule has 6 heteroatoms. The van der Waals surface area contributed by atoms with E-state index in [1.54, 1.807) is 0 Å². The number of rotatable bonds is 6. The normalized spacial score (nSPS) is 12.3. The number of benzene rings is 1.